The quantitative estimate of drug-likeness (QED) is 0.536. The van der Waals surface area contributed by atoms with E-state index >= 15 is 8.78 Å². The maximum Gasteiger partial charge on any atom is 0.263 e. The van der Waals surface area contributed by atoms with Gasteiger partial charge in [0.05, 0.1) is 18.3 Å². The highest BCUT2D eigenvalue weighted by molar-refractivity contribution is 7.88. The van der Waals surface area contributed by atoms with E-state index in [4.69, 9.17) is 0 Å². The molecule has 1 aliphatic carbocycles. The van der Waals surface area contributed by atoms with Crippen molar-refractivity contribution in [1.29, 1.82) is 0 Å². The summed E-state index contributed by atoms with van der Waals surface area (Å²) in [6.07, 6.45) is -2.35. The number of piperidine rings is 2. The fraction of sp³-hybridized carbons (Fsp3) is 0.480. The molecule has 6 nitrogen and oxygen atoms in total. The summed E-state index contributed by atoms with van der Waals surface area (Å²) in [5, 5.41) is 10.4. The van der Waals surface area contributed by atoms with Gasteiger partial charge in [0.25, 0.3) is 12.3 Å². The van der Waals surface area contributed by atoms with Crippen molar-refractivity contribution in [3.05, 3.63) is 59.4 Å². The highest BCUT2D eigenvalue weighted by Gasteiger charge is 2.64. The first-order chi connectivity index (χ1) is 16.6. The summed E-state index contributed by atoms with van der Waals surface area (Å²) in [5.74, 6) is -1.47. The van der Waals surface area contributed by atoms with Gasteiger partial charge in [0.15, 0.2) is 0 Å². The van der Waals surface area contributed by atoms with Gasteiger partial charge in [-0.15, -0.1) is 0 Å². The van der Waals surface area contributed by atoms with Crippen LogP contribution < -0.4 is 4.72 Å². The first kappa shape index (κ1) is 26.6. The van der Waals surface area contributed by atoms with Crippen molar-refractivity contribution in [1.82, 2.24) is 9.62 Å². The minimum Gasteiger partial charge on any atom is -0.381 e. The van der Waals surface area contributed by atoms with Crippen LogP contribution in [0.2, 0.25) is 0 Å². The Labute approximate surface area is 207 Å². The smallest absolute Gasteiger partial charge is 0.263 e. The monoisotopic (exact) mass is 528 g/mol. The Morgan fingerprint density at radius 2 is 1.86 bits per heavy atom. The SMILES string of the molecule is CC(C)(O)C(=O)N1C2CC(F)(C2)[C@H](NS(C)(=O)=O)[C@@H]1Cc1cccc(-c2cccc(C(F)F)c2)c1F. The summed E-state index contributed by atoms with van der Waals surface area (Å²) < 4.78 is 84.3. The van der Waals surface area contributed by atoms with Crippen molar-refractivity contribution in [2.45, 2.75) is 68.9 Å². The van der Waals surface area contributed by atoms with Gasteiger partial charge in [0.1, 0.15) is 17.1 Å². The largest absolute Gasteiger partial charge is 0.381 e. The lowest BCUT2D eigenvalue weighted by Gasteiger charge is -2.61. The van der Waals surface area contributed by atoms with Crippen molar-refractivity contribution < 1.29 is 35.9 Å². The minimum absolute atomic E-state index is 0.0407. The normalized spacial score (nSPS) is 26.1. The van der Waals surface area contributed by atoms with Gasteiger partial charge < -0.3 is 10.0 Å². The maximum absolute atomic E-state index is 15.7. The zero-order chi connectivity index (χ0) is 26.6. The van der Waals surface area contributed by atoms with E-state index in [1.807, 2.05) is 0 Å². The molecule has 36 heavy (non-hydrogen) atoms. The molecule has 2 aliphatic heterocycles. The number of rotatable bonds is 7. The van der Waals surface area contributed by atoms with E-state index in [1.54, 1.807) is 0 Å². The highest BCUT2D eigenvalue weighted by Crippen LogP contribution is 2.50. The standard InChI is InChI=1S/C25H28F4N2O4S/c1-24(2,33)23(32)31-17-12-25(29,13-17)21(30-36(3,34)35)19(31)11-15-7-5-9-18(20(15)26)14-6-4-8-16(10-14)22(27)28/h4-10,17,19,21-22,30,33H,11-13H2,1-3H3/t17?,19-,21+,25?/m0/s1. The van der Waals surface area contributed by atoms with Crippen LogP contribution in [0.25, 0.3) is 11.1 Å². The number of amides is 1. The molecular formula is C25H28F4N2O4S. The Morgan fingerprint density at radius 3 is 2.44 bits per heavy atom. The van der Waals surface area contributed by atoms with Crippen LogP contribution in [0.1, 0.15) is 44.2 Å². The van der Waals surface area contributed by atoms with Gasteiger partial charge in [0.2, 0.25) is 10.0 Å². The van der Waals surface area contributed by atoms with Crippen molar-refractivity contribution in [2.75, 3.05) is 6.26 Å². The molecule has 196 valence electrons. The summed E-state index contributed by atoms with van der Waals surface area (Å²) in [5.41, 5.74) is -3.72. The maximum atomic E-state index is 15.7. The third kappa shape index (κ3) is 5.01. The summed E-state index contributed by atoms with van der Waals surface area (Å²) in [7, 11) is -3.91. The molecule has 0 unspecified atom stereocenters. The molecule has 2 saturated heterocycles. The predicted molar refractivity (Wildman–Crippen MR) is 126 cm³/mol. The van der Waals surface area contributed by atoms with Gasteiger partial charge in [0, 0.05) is 30.0 Å². The molecule has 2 bridgehead atoms. The van der Waals surface area contributed by atoms with E-state index in [0.29, 0.717) is 0 Å². The van der Waals surface area contributed by atoms with E-state index in [9.17, 15) is 27.1 Å². The number of carbonyl (C=O) groups is 1. The van der Waals surface area contributed by atoms with Crippen LogP contribution in [0.15, 0.2) is 42.5 Å². The average Bonchev–Trinajstić information content (AvgIpc) is 2.74. The molecule has 2 aromatic carbocycles. The van der Waals surface area contributed by atoms with E-state index < -0.39 is 57.6 Å². The molecule has 11 heteroatoms. The summed E-state index contributed by atoms with van der Waals surface area (Å²) >= 11 is 0. The number of nitrogens with zero attached hydrogens (tertiary/aromatic N) is 1. The second kappa shape index (κ2) is 9.11. The molecular weight excluding hydrogens is 500 g/mol. The van der Waals surface area contributed by atoms with Crippen LogP contribution in [-0.2, 0) is 21.2 Å². The number of alkyl halides is 3. The fourth-order valence-electron chi connectivity index (χ4n) is 5.24. The van der Waals surface area contributed by atoms with Crippen LogP contribution in [0.3, 0.4) is 0 Å². The van der Waals surface area contributed by atoms with Gasteiger partial charge in [-0.2, -0.15) is 0 Å². The first-order valence-corrected chi connectivity index (χ1v) is 13.4. The van der Waals surface area contributed by atoms with Gasteiger partial charge in [-0.05, 0) is 37.5 Å². The van der Waals surface area contributed by atoms with Crippen molar-refractivity contribution in [3.63, 3.8) is 0 Å². The molecule has 0 aromatic heterocycles. The number of carbonyl (C=O) groups excluding carboxylic acids is 1. The van der Waals surface area contributed by atoms with E-state index in [-0.39, 0.29) is 41.5 Å². The lowest BCUT2D eigenvalue weighted by Crippen LogP contribution is -2.78. The number of nitrogens with one attached hydrogen (secondary N) is 1. The lowest BCUT2D eigenvalue weighted by molar-refractivity contribution is -0.181. The van der Waals surface area contributed by atoms with Crippen LogP contribution in [0.4, 0.5) is 17.6 Å². The molecule has 5 rings (SSSR count). The van der Waals surface area contributed by atoms with Crippen LogP contribution in [-0.4, -0.2) is 60.0 Å². The minimum atomic E-state index is -3.91. The number of halogens is 4. The van der Waals surface area contributed by atoms with Crippen molar-refractivity contribution >= 4 is 15.9 Å². The third-order valence-corrected chi connectivity index (χ3v) is 7.58. The van der Waals surface area contributed by atoms with E-state index in [0.717, 1.165) is 6.26 Å². The topological polar surface area (TPSA) is 86.7 Å². The Balaban J connectivity index is 1.77. The number of aliphatic hydroxyl groups is 1. The molecule has 3 aliphatic rings. The molecule has 1 amide bonds. The lowest BCUT2D eigenvalue weighted by atomic mass is 9.64. The summed E-state index contributed by atoms with van der Waals surface area (Å²) in [4.78, 5) is 14.4. The predicted octanol–water partition coefficient (Wildman–Crippen LogP) is 3.74. The molecule has 0 radical (unpaired) electrons. The second-order valence-electron chi connectivity index (χ2n) is 10.2. The van der Waals surface area contributed by atoms with Crippen LogP contribution >= 0.6 is 0 Å². The highest BCUT2D eigenvalue weighted by atomic mass is 32.2. The van der Waals surface area contributed by atoms with Crippen molar-refractivity contribution in [2.24, 2.45) is 0 Å². The van der Waals surface area contributed by atoms with E-state index in [1.165, 1.54) is 61.2 Å². The molecule has 0 spiro atoms. The zero-order valence-corrected chi connectivity index (χ0v) is 20.8. The molecule has 2 N–H and O–H groups in total. The Morgan fingerprint density at radius 1 is 1.22 bits per heavy atom. The molecule has 1 saturated carbocycles. The van der Waals surface area contributed by atoms with E-state index in [2.05, 4.69) is 4.72 Å². The van der Waals surface area contributed by atoms with Crippen molar-refractivity contribution in [3.8, 4) is 11.1 Å². The van der Waals surface area contributed by atoms with Gasteiger partial charge in [-0.3, -0.25) is 4.79 Å². The Kier molecular flexibility index (Phi) is 6.72. The Hall–Kier alpha value is -2.50. The average molecular weight is 529 g/mol. The summed E-state index contributed by atoms with van der Waals surface area (Å²) in [6.45, 7) is 2.55. The second-order valence-corrected chi connectivity index (χ2v) is 12.0. The molecule has 2 aromatic rings. The zero-order valence-electron chi connectivity index (χ0n) is 20.0. The fourth-order valence-corrected chi connectivity index (χ4v) is 6.07. The van der Waals surface area contributed by atoms with Gasteiger partial charge >= 0.3 is 0 Å². The van der Waals surface area contributed by atoms with Crippen LogP contribution in [0, 0.1) is 5.82 Å². The first-order valence-electron chi connectivity index (χ1n) is 11.5. The number of sulfonamides is 1. The molecule has 2 heterocycles. The molecule has 3 fully saturated rings. The Bertz CT molecular complexity index is 1270. The number of hydrogen-bond donors (Lipinski definition) is 2. The van der Waals surface area contributed by atoms with Crippen LogP contribution in [0.5, 0.6) is 0 Å². The summed E-state index contributed by atoms with van der Waals surface area (Å²) in [6, 6.07) is 6.56. The third-order valence-electron chi connectivity index (χ3n) is 6.90. The number of benzene rings is 2. The van der Waals surface area contributed by atoms with Gasteiger partial charge in [-0.1, -0.05) is 36.4 Å². The molecule has 2 atom stereocenters. The number of fused-ring (bicyclic) bond motifs is 2. The van der Waals surface area contributed by atoms with Gasteiger partial charge in [-0.25, -0.2) is 30.7 Å². The number of hydrogen-bond acceptors (Lipinski definition) is 4.